The molecule has 1 aliphatic rings. The fourth-order valence-electron chi connectivity index (χ4n) is 2.40. The molecule has 1 fully saturated rings. The Kier molecular flexibility index (Phi) is 5.71. The van der Waals surface area contributed by atoms with Crippen LogP contribution in [0.15, 0.2) is 24.3 Å². The van der Waals surface area contributed by atoms with Crippen molar-refractivity contribution < 1.29 is 4.74 Å². The molecule has 1 N–H and O–H groups in total. The number of ether oxygens (including phenoxy) is 1. The van der Waals surface area contributed by atoms with Crippen LogP contribution in [-0.4, -0.2) is 13.2 Å². The molecule has 0 aliphatic heterocycles. The molecule has 1 saturated carbocycles. The van der Waals surface area contributed by atoms with Crippen LogP contribution in [0.1, 0.15) is 57.6 Å². The molecule has 2 rings (SSSR count). The number of unbranched alkanes of at least 4 members (excludes halogenated alkanes) is 1. The standard InChI is InChI=1S/C17H27NO/c1-3-5-12-19-16-10-8-15(9-11-16)17(18-4-2)13-14-6-7-14/h8-11,14,17-18H,3-7,12-13H2,1-2H3. The maximum absolute atomic E-state index is 5.71. The Balaban J connectivity index is 1.90. The third-order valence-electron chi connectivity index (χ3n) is 3.77. The van der Waals surface area contributed by atoms with Gasteiger partial charge in [0, 0.05) is 6.04 Å². The summed E-state index contributed by atoms with van der Waals surface area (Å²) in [5.41, 5.74) is 1.40. The van der Waals surface area contributed by atoms with Crippen LogP contribution in [0.25, 0.3) is 0 Å². The van der Waals surface area contributed by atoms with Gasteiger partial charge in [-0.25, -0.2) is 0 Å². The molecule has 2 heteroatoms. The predicted molar refractivity (Wildman–Crippen MR) is 80.6 cm³/mol. The lowest BCUT2D eigenvalue weighted by molar-refractivity contribution is 0.309. The van der Waals surface area contributed by atoms with Crippen molar-refractivity contribution in [2.75, 3.05) is 13.2 Å². The largest absolute Gasteiger partial charge is 0.494 e. The van der Waals surface area contributed by atoms with E-state index in [-0.39, 0.29) is 0 Å². The summed E-state index contributed by atoms with van der Waals surface area (Å²) in [6.07, 6.45) is 6.43. The third-order valence-corrected chi connectivity index (χ3v) is 3.77. The van der Waals surface area contributed by atoms with Crippen molar-refractivity contribution in [3.63, 3.8) is 0 Å². The minimum Gasteiger partial charge on any atom is -0.494 e. The van der Waals surface area contributed by atoms with E-state index in [0.717, 1.165) is 31.2 Å². The Morgan fingerprint density at radius 3 is 2.53 bits per heavy atom. The molecule has 0 radical (unpaired) electrons. The highest BCUT2D eigenvalue weighted by molar-refractivity contribution is 5.29. The predicted octanol–water partition coefficient (Wildman–Crippen LogP) is 4.32. The molecule has 1 aromatic carbocycles. The van der Waals surface area contributed by atoms with Crippen LogP contribution >= 0.6 is 0 Å². The second kappa shape index (κ2) is 7.54. The minimum atomic E-state index is 0.516. The van der Waals surface area contributed by atoms with Crippen LogP contribution in [-0.2, 0) is 0 Å². The number of hydrogen-bond acceptors (Lipinski definition) is 2. The quantitative estimate of drug-likeness (QED) is 0.669. The van der Waals surface area contributed by atoms with Crippen molar-refractivity contribution in [1.82, 2.24) is 5.32 Å². The summed E-state index contributed by atoms with van der Waals surface area (Å²) in [7, 11) is 0. The molecule has 1 unspecified atom stereocenters. The summed E-state index contributed by atoms with van der Waals surface area (Å²) in [4.78, 5) is 0. The molecule has 2 nitrogen and oxygen atoms in total. The Morgan fingerprint density at radius 2 is 1.95 bits per heavy atom. The van der Waals surface area contributed by atoms with Gasteiger partial charge in [0.1, 0.15) is 5.75 Å². The molecular formula is C17H27NO. The van der Waals surface area contributed by atoms with E-state index in [4.69, 9.17) is 4.74 Å². The van der Waals surface area contributed by atoms with Crippen LogP contribution < -0.4 is 10.1 Å². The number of rotatable bonds is 9. The van der Waals surface area contributed by atoms with Crippen LogP contribution in [0.3, 0.4) is 0 Å². The summed E-state index contributed by atoms with van der Waals surface area (Å²) in [6.45, 7) is 6.23. The monoisotopic (exact) mass is 261 g/mol. The summed E-state index contributed by atoms with van der Waals surface area (Å²) in [5, 5.41) is 3.60. The lowest BCUT2D eigenvalue weighted by atomic mass is 10.0. The van der Waals surface area contributed by atoms with E-state index >= 15 is 0 Å². The van der Waals surface area contributed by atoms with Crippen LogP contribution in [0.5, 0.6) is 5.75 Å². The number of benzene rings is 1. The van der Waals surface area contributed by atoms with E-state index in [9.17, 15) is 0 Å². The van der Waals surface area contributed by atoms with E-state index in [1.165, 1.54) is 31.2 Å². The van der Waals surface area contributed by atoms with Crippen molar-refractivity contribution in [3.8, 4) is 5.75 Å². The van der Waals surface area contributed by atoms with E-state index in [1.807, 2.05) is 0 Å². The Bertz CT molecular complexity index is 356. The molecule has 1 aliphatic carbocycles. The van der Waals surface area contributed by atoms with Gasteiger partial charge in [0.2, 0.25) is 0 Å². The van der Waals surface area contributed by atoms with Gasteiger partial charge in [-0.2, -0.15) is 0 Å². The summed E-state index contributed by atoms with van der Waals surface area (Å²) in [6, 6.07) is 9.18. The van der Waals surface area contributed by atoms with Crippen molar-refractivity contribution in [2.24, 2.45) is 5.92 Å². The van der Waals surface area contributed by atoms with E-state index in [1.54, 1.807) is 0 Å². The van der Waals surface area contributed by atoms with Crippen molar-refractivity contribution in [2.45, 2.75) is 52.0 Å². The fourth-order valence-corrected chi connectivity index (χ4v) is 2.40. The van der Waals surface area contributed by atoms with Crippen LogP contribution in [0, 0.1) is 5.92 Å². The highest BCUT2D eigenvalue weighted by Crippen LogP contribution is 2.37. The van der Waals surface area contributed by atoms with Gasteiger partial charge in [0.25, 0.3) is 0 Å². The zero-order valence-electron chi connectivity index (χ0n) is 12.3. The maximum atomic E-state index is 5.71. The SMILES string of the molecule is CCCCOc1ccc(C(CC2CC2)NCC)cc1. The number of hydrogen-bond donors (Lipinski definition) is 1. The molecule has 0 amide bonds. The molecule has 0 saturated heterocycles. The zero-order valence-corrected chi connectivity index (χ0v) is 12.3. The van der Waals surface area contributed by atoms with Gasteiger partial charge in [0.05, 0.1) is 6.61 Å². The first-order valence-corrected chi connectivity index (χ1v) is 7.79. The maximum Gasteiger partial charge on any atom is 0.119 e. The van der Waals surface area contributed by atoms with Gasteiger partial charge >= 0.3 is 0 Å². The van der Waals surface area contributed by atoms with Gasteiger partial charge < -0.3 is 10.1 Å². The molecule has 19 heavy (non-hydrogen) atoms. The summed E-state index contributed by atoms with van der Waals surface area (Å²) in [5.74, 6) is 1.95. The molecule has 0 aromatic heterocycles. The zero-order chi connectivity index (χ0) is 13.5. The first-order chi connectivity index (χ1) is 9.33. The highest BCUT2D eigenvalue weighted by atomic mass is 16.5. The smallest absolute Gasteiger partial charge is 0.119 e. The van der Waals surface area contributed by atoms with Gasteiger partial charge in [-0.15, -0.1) is 0 Å². The van der Waals surface area contributed by atoms with Crippen LogP contribution in [0.4, 0.5) is 0 Å². The second-order valence-corrected chi connectivity index (χ2v) is 5.56. The average Bonchev–Trinajstić information content (AvgIpc) is 3.23. The molecular weight excluding hydrogens is 234 g/mol. The van der Waals surface area contributed by atoms with Crippen molar-refractivity contribution in [1.29, 1.82) is 0 Å². The minimum absolute atomic E-state index is 0.516. The van der Waals surface area contributed by atoms with Gasteiger partial charge in [-0.1, -0.05) is 45.2 Å². The molecule has 1 aromatic rings. The fraction of sp³-hybridized carbons (Fsp3) is 0.647. The molecule has 0 heterocycles. The van der Waals surface area contributed by atoms with Gasteiger partial charge in [0.15, 0.2) is 0 Å². The number of nitrogens with one attached hydrogen (secondary N) is 1. The topological polar surface area (TPSA) is 21.3 Å². The lowest BCUT2D eigenvalue weighted by Crippen LogP contribution is -2.21. The molecule has 1 atom stereocenters. The average molecular weight is 261 g/mol. The summed E-state index contributed by atoms with van der Waals surface area (Å²) >= 11 is 0. The van der Waals surface area contributed by atoms with Gasteiger partial charge in [-0.05, 0) is 43.0 Å². The molecule has 0 spiro atoms. The van der Waals surface area contributed by atoms with E-state index in [2.05, 4.69) is 43.4 Å². The van der Waals surface area contributed by atoms with E-state index < -0.39 is 0 Å². The molecule has 106 valence electrons. The Morgan fingerprint density at radius 1 is 1.21 bits per heavy atom. The highest BCUT2D eigenvalue weighted by Gasteiger charge is 2.25. The lowest BCUT2D eigenvalue weighted by Gasteiger charge is -2.18. The van der Waals surface area contributed by atoms with E-state index in [0.29, 0.717) is 6.04 Å². The normalized spacial score (nSPS) is 16.3. The summed E-state index contributed by atoms with van der Waals surface area (Å²) < 4.78 is 5.71. The van der Waals surface area contributed by atoms with Gasteiger partial charge in [-0.3, -0.25) is 0 Å². The van der Waals surface area contributed by atoms with Crippen molar-refractivity contribution >= 4 is 0 Å². The Labute approximate surface area is 117 Å². The third kappa shape index (κ3) is 4.87. The molecule has 0 bridgehead atoms. The first kappa shape index (κ1) is 14.4. The first-order valence-electron chi connectivity index (χ1n) is 7.79. The Hall–Kier alpha value is -1.02. The second-order valence-electron chi connectivity index (χ2n) is 5.56. The van der Waals surface area contributed by atoms with Crippen molar-refractivity contribution in [3.05, 3.63) is 29.8 Å². The van der Waals surface area contributed by atoms with Crippen LogP contribution in [0.2, 0.25) is 0 Å².